The van der Waals surface area contributed by atoms with Gasteiger partial charge in [-0.1, -0.05) is 13.8 Å². The van der Waals surface area contributed by atoms with Crippen LogP contribution in [0.2, 0.25) is 0 Å². The number of anilines is 2. The summed E-state index contributed by atoms with van der Waals surface area (Å²) in [7, 11) is 4.08. The van der Waals surface area contributed by atoms with Gasteiger partial charge in [-0.2, -0.15) is 0 Å². The van der Waals surface area contributed by atoms with Crippen LogP contribution in [0.3, 0.4) is 0 Å². The number of ether oxygens (including phenoxy) is 1. The molecule has 1 aromatic rings. The van der Waals surface area contributed by atoms with Gasteiger partial charge in [-0.05, 0) is 20.5 Å². The highest BCUT2D eigenvalue weighted by Gasteiger charge is 2.03. The van der Waals surface area contributed by atoms with Gasteiger partial charge in [0, 0.05) is 32.1 Å². The number of likely N-dealkylation sites (N-methyl/N-ethyl adjacent to an activating group) is 1. The lowest BCUT2D eigenvalue weighted by molar-refractivity contribution is 0.126. The number of nitrogens with zero attached hydrogens (tertiary/aromatic N) is 3. The van der Waals surface area contributed by atoms with Crippen LogP contribution in [0.1, 0.15) is 26.1 Å². The molecule has 0 bridgehead atoms. The second kappa shape index (κ2) is 10.3. The highest BCUT2D eigenvalue weighted by atomic mass is 16.5. The Kier molecular flexibility index (Phi) is 8.69. The number of aryl methyl sites for hydroxylation is 1. The van der Waals surface area contributed by atoms with Gasteiger partial charge in [0.25, 0.3) is 0 Å². The summed E-state index contributed by atoms with van der Waals surface area (Å²) >= 11 is 0. The fraction of sp³-hybridized carbons (Fsp3) is 0.733. The molecule has 0 amide bonds. The van der Waals surface area contributed by atoms with Crippen molar-refractivity contribution in [2.45, 2.75) is 26.7 Å². The van der Waals surface area contributed by atoms with E-state index in [1.807, 2.05) is 20.2 Å². The van der Waals surface area contributed by atoms with Gasteiger partial charge in [-0.25, -0.2) is 9.97 Å². The van der Waals surface area contributed by atoms with Crippen molar-refractivity contribution in [2.75, 3.05) is 57.6 Å². The fourth-order valence-electron chi connectivity index (χ4n) is 1.69. The lowest BCUT2D eigenvalue weighted by Crippen LogP contribution is -2.20. The molecule has 0 aliphatic rings. The van der Waals surface area contributed by atoms with E-state index in [4.69, 9.17) is 4.74 Å². The summed E-state index contributed by atoms with van der Waals surface area (Å²) in [5, 5.41) is 6.60. The zero-order valence-electron chi connectivity index (χ0n) is 13.8. The number of hydrogen-bond acceptors (Lipinski definition) is 6. The van der Waals surface area contributed by atoms with Gasteiger partial charge >= 0.3 is 0 Å². The first-order valence-electron chi connectivity index (χ1n) is 7.73. The molecule has 21 heavy (non-hydrogen) atoms. The third kappa shape index (κ3) is 7.82. The average Bonchev–Trinajstić information content (AvgIpc) is 2.48. The van der Waals surface area contributed by atoms with Crippen molar-refractivity contribution in [3.63, 3.8) is 0 Å². The van der Waals surface area contributed by atoms with Crippen LogP contribution in [0.4, 0.5) is 11.6 Å². The molecule has 6 nitrogen and oxygen atoms in total. The minimum Gasteiger partial charge on any atom is -0.378 e. The maximum atomic E-state index is 5.55. The SMILES string of the molecule is CCCNc1cc(NCCOCCN(C)C)nc(CC)n1. The van der Waals surface area contributed by atoms with E-state index in [-0.39, 0.29) is 0 Å². The molecule has 0 aromatic carbocycles. The monoisotopic (exact) mass is 295 g/mol. The quantitative estimate of drug-likeness (QED) is 0.608. The van der Waals surface area contributed by atoms with Gasteiger partial charge < -0.3 is 20.3 Å². The molecular formula is C15H29N5O. The molecule has 1 rings (SSSR count). The van der Waals surface area contributed by atoms with Crippen molar-refractivity contribution in [1.82, 2.24) is 14.9 Å². The van der Waals surface area contributed by atoms with Crippen LogP contribution in [0.5, 0.6) is 0 Å². The third-order valence-electron chi connectivity index (χ3n) is 2.88. The summed E-state index contributed by atoms with van der Waals surface area (Å²) in [5.41, 5.74) is 0. The molecule has 0 saturated carbocycles. The molecular weight excluding hydrogens is 266 g/mol. The standard InChI is InChI=1S/C15H29N5O/c1-5-7-16-14-12-15(19-13(6-2)18-14)17-8-10-21-11-9-20(3)4/h12H,5-11H2,1-4H3,(H2,16,17,18,19). The van der Waals surface area contributed by atoms with E-state index in [0.29, 0.717) is 6.61 Å². The molecule has 0 aliphatic heterocycles. The topological polar surface area (TPSA) is 62.3 Å². The highest BCUT2D eigenvalue weighted by Crippen LogP contribution is 2.11. The first kappa shape index (κ1) is 17.7. The van der Waals surface area contributed by atoms with E-state index in [2.05, 4.69) is 39.3 Å². The number of rotatable bonds is 11. The van der Waals surface area contributed by atoms with Crippen molar-refractivity contribution >= 4 is 11.6 Å². The normalized spacial score (nSPS) is 10.9. The Morgan fingerprint density at radius 2 is 1.71 bits per heavy atom. The summed E-state index contributed by atoms with van der Waals surface area (Å²) in [5.74, 6) is 2.60. The second-order valence-corrected chi connectivity index (χ2v) is 5.18. The van der Waals surface area contributed by atoms with E-state index in [0.717, 1.165) is 56.5 Å². The average molecular weight is 295 g/mol. The minimum atomic E-state index is 0.678. The summed E-state index contributed by atoms with van der Waals surface area (Å²) in [6.07, 6.45) is 1.91. The molecule has 0 unspecified atom stereocenters. The van der Waals surface area contributed by atoms with Crippen molar-refractivity contribution in [3.8, 4) is 0 Å². The van der Waals surface area contributed by atoms with Crippen LogP contribution in [-0.4, -0.2) is 61.8 Å². The largest absolute Gasteiger partial charge is 0.378 e. The molecule has 1 heterocycles. The zero-order chi connectivity index (χ0) is 15.5. The van der Waals surface area contributed by atoms with Crippen LogP contribution >= 0.6 is 0 Å². The van der Waals surface area contributed by atoms with Crippen LogP contribution in [0.25, 0.3) is 0 Å². The Hall–Kier alpha value is -1.40. The number of nitrogens with one attached hydrogen (secondary N) is 2. The van der Waals surface area contributed by atoms with Gasteiger partial charge in [-0.15, -0.1) is 0 Å². The van der Waals surface area contributed by atoms with Gasteiger partial charge in [0.2, 0.25) is 0 Å². The molecule has 120 valence electrons. The van der Waals surface area contributed by atoms with Gasteiger partial charge in [0.15, 0.2) is 0 Å². The van der Waals surface area contributed by atoms with Gasteiger partial charge in [0.05, 0.1) is 13.2 Å². The lowest BCUT2D eigenvalue weighted by atomic mass is 10.4. The molecule has 0 radical (unpaired) electrons. The van der Waals surface area contributed by atoms with E-state index in [1.54, 1.807) is 0 Å². The predicted octanol–water partition coefficient (Wildman–Crippen LogP) is 1.85. The third-order valence-corrected chi connectivity index (χ3v) is 2.88. The predicted molar refractivity (Wildman–Crippen MR) is 88.1 cm³/mol. The smallest absolute Gasteiger partial charge is 0.132 e. The Labute approximate surface area is 128 Å². The molecule has 0 saturated heterocycles. The lowest BCUT2D eigenvalue weighted by Gasteiger charge is -2.12. The number of aromatic nitrogens is 2. The van der Waals surface area contributed by atoms with Crippen LogP contribution in [0, 0.1) is 0 Å². The van der Waals surface area contributed by atoms with E-state index in [1.165, 1.54) is 0 Å². The van der Waals surface area contributed by atoms with Gasteiger partial charge in [-0.3, -0.25) is 0 Å². The Morgan fingerprint density at radius 3 is 2.29 bits per heavy atom. The van der Waals surface area contributed by atoms with E-state index < -0.39 is 0 Å². The zero-order valence-corrected chi connectivity index (χ0v) is 13.8. The molecule has 1 aromatic heterocycles. The Bertz CT molecular complexity index is 398. The molecule has 2 N–H and O–H groups in total. The Balaban J connectivity index is 2.39. The molecule has 0 atom stereocenters. The second-order valence-electron chi connectivity index (χ2n) is 5.18. The van der Waals surface area contributed by atoms with Crippen molar-refractivity contribution in [2.24, 2.45) is 0 Å². The fourth-order valence-corrected chi connectivity index (χ4v) is 1.69. The summed E-state index contributed by atoms with van der Waals surface area (Å²) < 4.78 is 5.55. The summed E-state index contributed by atoms with van der Waals surface area (Å²) in [6, 6.07) is 1.95. The van der Waals surface area contributed by atoms with E-state index >= 15 is 0 Å². The molecule has 0 fully saturated rings. The molecule has 0 aliphatic carbocycles. The van der Waals surface area contributed by atoms with Crippen molar-refractivity contribution in [3.05, 3.63) is 11.9 Å². The summed E-state index contributed by atoms with van der Waals surface area (Å²) in [6.45, 7) is 8.25. The van der Waals surface area contributed by atoms with Crippen LogP contribution in [-0.2, 0) is 11.2 Å². The van der Waals surface area contributed by atoms with Gasteiger partial charge in [0.1, 0.15) is 17.5 Å². The summed E-state index contributed by atoms with van der Waals surface area (Å²) in [4.78, 5) is 11.1. The van der Waals surface area contributed by atoms with Crippen LogP contribution in [0.15, 0.2) is 6.07 Å². The first-order valence-corrected chi connectivity index (χ1v) is 7.73. The maximum Gasteiger partial charge on any atom is 0.132 e. The number of hydrogen-bond donors (Lipinski definition) is 2. The Morgan fingerprint density at radius 1 is 1.05 bits per heavy atom. The van der Waals surface area contributed by atoms with Crippen molar-refractivity contribution < 1.29 is 4.74 Å². The van der Waals surface area contributed by atoms with Crippen LogP contribution < -0.4 is 10.6 Å². The van der Waals surface area contributed by atoms with Crippen molar-refractivity contribution in [1.29, 1.82) is 0 Å². The minimum absolute atomic E-state index is 0.678. The maximum absolute atomic E-state index is 5.55. The highest BCUT2D eigenvalue weighted by molar-refractivity contribution is 5.47. The first-order chi connectivity index (χ1) is 10.2. The molecule has 6 heteroatoms. The van der Waals surface area contributed by atoms with E-state index in [9.17, 15) is 0 Å². The molecule has 0 spiro atoms.